The molecule has 1 saturated heterocycles. The third-order valence-electron chi connectivity index (χ3n) is 4.51. The van der Waals surface area contributed by atoms with Crippen LogP contribution in [0.15, 0.2) is 0 Å². The fourth-order valence-corrected chi connectivity index (χ4v) is 4.34. The average Bonchev–Trinajstić information content (AvgIpc) is 2.39. The molecule has 0 bridgehead atoms. The van der Waals surface area contributed by atoms with Crippen LogP contribution in [-0.2, 0) is 10.0 Å². The highest BCUT2D eigenvalue weighted by atomic mass is 32.2. The Labute approximate surface area is 121 Å². The van der Waals surface area contributed by atoms with Crippen molar-refractivity contribution < 1.29 is 13.2 Å². The normalized spacial score (nSPS) is 23.6. The summed E-state index contributed by atoms with van der Waals surface area (Å²) in [6.45, 7) is 0.972. The van der Waals surface area contributed by atoms with Crippen molar-refractivity contribution in [1.29, 1.82) is 0 Å². The minimum Gasteiger partial charge on any atom is -0.351 e. The molecule has 2 fully saturated rings. The van der Waals surface area contributed by atoms with Gasteiger partial charge in [0, 0.05) is 25.2 Å². The quantitative estimate of drug-likeness (QED) is 0.848. The van der Waals surface area contributed by atoms with E-state index in [-0.39, 0.29) is 18.1 Å². The number of hydrogen-bond acceptors (Lipinski definition) is 3. The molecule has 0 radical (unpaired) electrons. The summed E-state index contributed by atoms with van der Waals surface area (Å²) in [5.74, 6) is 0. The van der Waals surface area contributed by atoms with Gasteiger partial charge in [-0.3, -0.25) is 0 Å². The molecular formula is C13H25N3O3S. The summed E-state index contributed by atoms with van der Waals surface area (Å²) < 4.78 is 24.5. The number of sulfonamides is 1. The van der Waals surface area contributed by atoms with E-state index in [1.54, 1.807) is 0 Å². The number of primary amides is 1. The van der Waals surface area contributed by atoms with Crippen molar-refractivity contribution in [2.45, 2.75) is 57.0 Å². The first kappa shape index (κ1) is 15.6. The zero-order chi connectivity index (χ0) is 14.8. The van der Waals surface area contributed by atoms with Crippen LogP contribution in [0.5, 0.6) is 0 Å². The lowest BCUT2D eigenvalue weighted by atomic mass is 9.92. The monoisotopic (exact) mass is 303 g/mol. The van der Waals surface area contributed by atoms with Crippen molar-refractivity contribution in [1.82, 2.24) is 9.21 Å². The summed E-state index contributed by atoms with van der Waals surface area (Å²) >= 11 is 0. The number of piperidine rings is 1. The molecule has 2 amide bonds. The number of rotatable bonds is 3. The van der Waals surface area contributed by atoms with Gasteiger partial charge in [-0.1, -0.05) is 19.3 Å². The molecule has 2 N–H and O–H groups in total. The smallest absolute Gasteiger partial charge is 0.315 e. The van der Waals surface area contributed by atoms with Crippen LogP contribution < -0.4 is 5.73 Å². The molecule has 0 unspecified atom stereocenters. The Morgan fingerprint density at radius 1 is 1.05 bits per heavy atom. The maximum absolute atomic E-state index is 11.8. The second-order valence-corrected chi connectivity index (χ2v) is 7.91. The molecule has 6 nitrogen and oxygen atoms in total. The van der Waals surface area contributed by atoms with E-state index < -0.39 is 10.0 Å². The number of hydrogen-bond donors (Lipinski definition) is 1. The van der Waals surface area contributed by atoms with Crippen LogP contribution in [-0.4, -0.2) is 55.1 Å². The first-order valence-corrected chi connectivity index (χ1v) is 9.27. The summed E-state index contributed by atoms with van der Waals surface area (Å²) in [5.41, 5.74) is 5.57. The molecule has 1 saturated carbocycles. The molecule has 116 valence electrons. The third-order valence-corrected chi connectivity index (χ3v) is 5.81. The van der Waals surface area contributed by atoms with Gasteiger partial charge in [0.2, 0.25) is 10.0 Å². The van der Waals surface area contributed by atoms with Gasteiger partial charge in [-0.05, 0) is 25.7 Å². The van der Waals surface area contributed by atoms with Gasteiger partial charge in [0.1, 0.15) is 0 Å². The fourth-order valence-electron chi connectivity index (χ4n) is 3.47. The van der Waals surface area contributed by atoms with Gasteiger partial charge in [0.05, 0.1) is 6.26 Å². The van der Waals surface area contributed by atoms with E-state index in [1.165, 1.54) is 17.0 Å². The number of amides is 2. The predicted molar refractivity (Wildman–Crippen MR) is 77.7 cm³/mol. The lowest BCUT2D eigenvalue weighted by molar-refractivity contribution is 0.103. The number of urea groups is 1. The molecule has 0 aromatic rings. The molecule has 2 rings (SSSR count). The molecule has 0 atom stereocenters. The highest BCUT2D eigenvalue weighted by Crippen LogP contribution is 2.28. The average molecular weight is 303 g/mol. The van der Waals surface area contributed by atoms with E-state index in [4.69, 9.17) is 5.73 Å². The van der Waals surface area contributed by atoms with Crippen LogP contribution in [0.25, 0.3) is 0 Å². The van der Waals surface area contributed by atoms with Crippen molar-refractivity contribution in [3.05, 3.63) is 0 Å². The molecule has 1 heterocycles. The second-order valence-electron chi connectivity index (χ2n) is 5.93. The van der Waals surface area contributed by atoms with Crippen molar-refractivity contribution in [3.8, 4) is 0 Å². The zero-order valence-electron chi connectivity index (χ0n) is 12.1. The van der Waals surface area contributed by atoms with Crippen LogP contribution in [0, 0.1) is 0 Å². The number of carbonyl (C=O) groups is 1. The Morgan fingerprint density at radius 3 is 2.00 bits per heavy atom. The van der Waals surface area contributed by atoms with Crippen LogP contribution in [0.2, 0.25) is 0 Å². The Kier molecular flexibility index (Phi) is 4.90. The zero-order valence-corrected chi connectivity index (χ0v) is 12.9. The molecule has 0 aromatic carbocycles. The standard InChI is InChI=1S/C13H25N3O3S/c1-20(18,19)15-9-7-12(8-10-15)16(13(14)17)11-5-3-2-4-6-11/h11-12H,2-10H2,1H3,(H2,14,17). The highest BCUT2D eigenvalue weighted by molar-refractivity contribution is 7.88. The lowest BCUT2D eigenvalue weighted by Crippen LogP contribution is -2.54. The van der Waals surface area contributed by atoms with Crippen molar-refractivity contribution in [3.63, 3.8) is 0 Å². The van der Waals surface area contributed by atoms with E-state index in [1.807, 2.05) is 4.90 Å². The maximum atomic E-state index is 11.8. The Morgan fingerprint density at radius 2 is 1.55 bits per heavy atom. The summed E-state index contributed by atoms with van der Waals surface area (Å²) in [4.78, 5) is 13.6. The lowest BCUT2D eigenvalue weighted by Gasteiger charge is -2.42. The molecule has 0 spiro atoms. The number of nitrogens with two attached hydrogens (primary N) is 1. The van der Waals surface area contributed by atoms with E-state index in [0.29, 0.717) is 25.9 Å². The van der Waals surface area contributed by atoms with Crippen LogP contribution in [0.3, 0.4) is 0 Å². The molecule has 1 aliphatic heterocycles. The molecular weight excluding hydrogens is 278 g/mol. The second kappa shape index (κ2) is 6.30. The van der Waals surface area contributed by atoms with Gasteiger partial charge >= 0.3 is 6.03 Å². The first-order chi connectivity index (χ1) is 9.39. The predicted octanol–water partition coefficient (Wildman–Crippen LogP) is 1.12. The van der Waals surface area contributed by atoms with E-state index in [2.05, 4.69) is 0 Å². The van der Waals surface area contributed by atoms with Crippen LogP contribution in [0.1, 0.15) is 44.9 Å². The number of nitrogens with zero attached hydrogens (tertiary/aromatic N) is 2. The SMILES string of the molecule is CS(=O)(=O)N1CCC(N(C(N)=O)C2CCCCC2)CC1. The minimum atomic E-state index is -3.12. The summed E-state index contributed by atoms with van der Waals surface area (Å²) in [5, 5.41) is 0. The van der Waals surface area contributed by atoms with Crippen molar-refractivity contribution in [2.75, 3.05) is 19.3 Å². The van der Waals surface area contributed by atoms with Crippen molar-refractivity contribution in [2.24, 2.45) is 5.73 Å². The number of carbonyl (C=O) groups excluding carboxylic acids is 1. The molecule has 0 aromatic heterocycles. The topological polar surface area (TPSA) is 83.7 Å². The van der Waals surface area contributed by atoms with Gasteiger partial charge in [-0.15, -0.1) is 0 Å². The molecule has 1 aliphatic carbocycles. The van der Waals surface area contributed by atoms with Gasteiger partial charge < -0.3 is 10.6 Å². The summed E-state index contributed by atoms with van der Waals surface area (Å²) in [7, 11) is -3.12. The molecule has 7 heteroatoms. The highest BCUT2D eigenvalue weighted by Gasteiger charge is 2.34. The van der Waals surface area contributed by atoms with Crippen molar-refractivity contribution >= 4 is 16.1 Å². The third kappa shape index (κ3) is 3.63. The van der Waals surface area contributed by atoms with Crippen LogP contribution >= 0.6 is 0 Å². The Bertz CT molecular complexity index is 438. The molecule has 2 aliphatic rings. The van der Waals surface area contributed by atoms with Crippen LogP contribution in [0.4, 0.5) is 4.79 Å². The van der Waals surface area contributed by atoms with Gasteiger partial charge in [-0.25, -0.2) is 17.5 Å². The summed E-state index contributed by atoms with van der Waals surface area (Å²) in [6, 6.07) is -0.0145. The Hall–Kier alpha value is -0.820. The largest absolute Gasteiger partial charge is 0.351 e. The summed E-state index contributed by atoms with van der Waals surface area (Å²) in [6.07, 6.45) is 8.19. The fraction of sp³-hybridized carbons (Fsp3) is 0.923. The van der Waals surface area contributed by atoms with Gasteiger partial charge in [-0.2, -0.15) is 0 Å². The maximum Gasteiger partial charge on any atom is 0.315 e. The molecule has 20 heavy (non-hydrogen) atoms. The Balaban J connectivity index is 2.00. The van der Waals surface area contributed by atoms with Gasteiger partial charge in [0.25, 0.3) is 0 Å². The minimum absolute atomic E-state index is 0.0913. The van der Waals surface area contributed by atoms with E-state index in [9.17, 15) is 13.2 Å². The van der Waals surface area contributed by atoms with Gasteiger partial charge in [0.15, 0.2) is 0 Å². The first-order valence-electron chi connectivity index (χ1n) is 7.42. The van der Waals surface area contributed by atoms with E-state index in [0.717, 1.165) is 25.7 Å². The van der Waals surface area contributed by atoms with E-state index >= 15 is 0 Å².